The summed E-state index contributed by atoms with van der Waals surface area (Å²) in [6.07, 6.45) is 64.1. The third-order valence-electron chi connectivity index (χ3n) is 12.6. The predicted molar refractivity (Wildman–Crippen MR) is 279 cm³/mol. The van der Waals surface area contributed by atoms with Crippen molar-refractivity contribution in [3.63, 3.8) is 0 Å². The maximum absolute atomic E-state index is 12.8. The van der Waals surface area contributed by atoms with Gasteiger partial charge in [0, 0.05) is 19.3 Å². The molecule has 0 aliphatic heterocycles. The highest BCUT2D eigenvalue weighted by Gasteiger charge is 2.19. The van der Waals surface area contributed by atoms with Crippen LogP contribution in [0.1, 0.15) is 303 Å². The number of ether oxygens (including phenoxy) is 3. The fraction of sp³-hybridized carbons (Fsp3) is 0.847. The van der Waals surface area contributed by atoms with Crippen LogP contribution in [0.3, 0.4) is 0 Å². The van der Waals surface area contributed by atoms with E-state index in [4.69, 9.17) is 14.2 Å². The van der Waals surface area contributed by atoms with Crippen LogP contribution in [-0.4, -0.2) is 37.2 Å². The Morgan fingerprint density at radius 1 is 0.308 bits per heavy atom. The molecule has 0 heterocycles. The highest BCUT2D eigenvalue weighted by atomic mass is 16.6. The Morgan fingerprint density at radius 2 is 0.554 bits per heavy atom. The summed E-state index contributed by atoms with van der Waals surface area (Å²) < 4.78 is 16.9. The third-order valence-corrected chi connectivity index (χ3v) is 12.6. The quantitative estimate of drug-likeness (QED) is 0.0262. The van der Waals surface area contributed by atoms with Crippen LogP contribution in [0.2, 0.25) is 0 Å². The van der Waals surface area contributed by atoms with Crippen molar-refractivity contribution in [1.29, 1.82) is 0 Å². The molecule has 1 atom stereocenters. The van der Waals surface area contributed by atoms with Crippen LogP contribution in [-0.2, 0) is 28.6 Å². The molecule has 0 aliphatic carbocycles. The van der Waals surface area contributed by atoms with Gasteiger partial charge in [0.25, 0.3) is 0 Å². The fourth-order valence-corrected chi connectivity index (χ4v) is 8.29. The first-order valence-corrected chi connectivity index (χ1v) is 28.5. The van der Waals surface area contributed by atoms with E-state index in [1.54, 1.807) is 0 Å². The van der Waals surface area contributed by atoms with Crippen molar-refractivity contribution in [2.24, 2.45) is 0 Å². The highest BCUT2D eigenvalue weighted by Crippen LogP contribution is 2.16. The number of hydrogen-bond acceptors (Lipinski definition) is 6. The number of carbonyl (C=O) groups is 3. The van der Waals surface area contributed by atoms with Crippen LogP contribution in [0.5, 0.6) is 0 Å². The molecule has 0 radical (unpaired) electrons. The molecule has 0 aromatic carbocycles. The van der Waals surface area contributed by atoms with Gasteiger partial charge in [-0.2, -0.15) is 0 Å². The highest BCUT2D eigenvalue weighted by molar-refractivity contribution is 5.71. The second-order valence-corrected chi connectivity index (χ2v) is 19.2. The molecule has 0 fully saturated rings. The molecule has 0 aromatic heterocycles. The van der Waals surface area contributed by atoms with Crippen molar-refractivity contribution >= 4 is 17.9 Å². The number of unbranched alkanes of at least 4 members (excludes halogenated alkanes) is 35. The van der Waals surface area contributed by atoms with Crippen molar-refractivity contribution in [2.45, 2.75) is 309 Å². The van der Waals surface area contributed by atoms with Gasteiger partial charge in [-0.25, -0.2) is 0 Å². The van der Waals surface area contributed by atoms with Crippen molar-refractivity contribution < 1.29 is 28.6 Å². The van der Waals surface area contributed by atoms with E-state index in [0.717, 1.165) is 77.0 Å². The lowest BCUT2D eigenvalue weighted by atomic mass is 10.0. The molecule has 0 saturated heterocycles. The minimum absolute atomic E-state index is 0.0745. The largest absolute Gasteiger partial charge is 0.462 e. The molecule has 0 rings (SSSR count). The first kappa shape index (κ1) is 62.6. The zero-order valence-corrected chi connectivity index (χ0v) is 43.5. The zero-order valence-electron chi connectivity index (χ0n) is 43.5. The van der Waals surface area contributed by atoms with E-state index in [2.05, 4.69) is 57.2 Å². The Balaban J connectivity index is 4.36. The first-order valence-electron chi connectivity index (χ1n) is 28.5. The van der Waals surface area contributed by atoms with Crippen molar-refractivity contribution in [3.05, 3.63) is 36.5 Å². The van der Waals surface area contributed by atoms with Crippen LogP contribution in [0, 0.1) is 0 Å². The molecule has 0 bridgehead atoms. The van der Waals surface area contributed by atoms with Crippen molar-refractivity contribution in [3.8, 4) is 0 Å². The number of rotatable bonds is 52. The van der Waals surface area contributed by atoms with Crippen LogP contribution >= 0.6 is 0 Å². The smallest absolute Gasteiger partial charge is 0.306 e. The summed E-state index contributed by atoms with van der Waals surface area (Å²) in [5.74, 6) is -0.875. The zero-order chi connectivity index (χ0) is 47.2. The first-order chi connectivity index (χ1) is 32.0. The molecule has 0 saturated carbocycles. The average Bonchev–Trinajstić information content (AvgIpc) is 3.30. The molecular weight excluding hydrogens is 805 g/mol. The maximum atomic E-state index is 12.8. The molecule has 380 valence electrons. The van der Waals surface area contributed by atoms with Crippen LogP contribution in [0.25, 0.3) is 0 Å². The van der Waals surface area contributed by atoms with Crippen LogP contribution in [0.15, 0.2) is 36.5 Å². The van der Waals surface area contributed by atoms with Crippen molar-refractivity contribution in [2.75, 3.05) is 13.2 Å². The lowest BCUT2D eigenvalue weighted by molar-refractivity contribution is -0.167. The minimum atomic E-state index is -0.776. The van der Waals surface area contributed by atoms with Gasteiger partial charge in [0.15, 0.2) is 6.10 Å². The van der Waals surface area contributed by atoms with Gasteiger partial charge < -0.3 is 14.2 Å². The van der Waals surface area contributed by atoms with E-state index < -0.39 is 6.10 Å². The molecule has 0 amide bonds. The van der Waals surface area contributed by atoms with Gasteiger partial charge in [0.1, 0.15) is 13.2 Å². The third kappa shape index (κ3) is 52.5. The van der Waals surface area contributed by atoms with Gasteiger partial charge in [-0.15, -0.1) is 0 Å². The summed E-state index contributed by atoms with van der Waals surface area (Å²) >= 11 is 0. The summed E-state index contributed by atoms with van der Waals surface area (Å²) in [4.78, 5) is 38.1. The van der Waals surface area contributed by atoms with E-state index in [0.29, 0.717) is 19.3 Å². The van der Waals surface area contributed by atoms with E-state index in [-0.39, 0.29) is 31.1 Å². The number of allylic oxidation sites excluding steroid dienone is 6. The molecule has 0 aromatic rings. The van der Waals surface area contributed by atoms with Gasteiger partial charge in [-0.05, 0) is 77.0 Å². The minimum Gasteiger partial charge on any atom is -0.462 e. The average molecular weight is 914 g/mol. The number of esters is 3. The number of carbonyl (C=O) groups excluding carboxylic acids is 3. The molecule has 65 heavy (non-hydrogen) atoms. The van der Waals surface area contributed by atoms with Gasteiger partial charge in [-0.3, -0.25) is 14.4 Å². The van der Waals surface area contributed by atoms with Crippen LogP contribution in [0.4, 0.5) is 0 Å². The Labute approximate surface area is 404 Å². The molecule has 1 unspecified atom stereocenters. The van der Waals surface area contributed by atoms with Gasteiger partial charge in [-0.1, -0.05) is 243 Å². The molecule has 0 aliphatic rings. The number of hydrogen-bond donors (Lipinski definition) is 0. The lowest BCUT2D eigenvalue weighted by Gasteiger charge is -2.18. The standard InChI is InChI=1S/C59H108O6/c1-4-7-10-13-16-19-22-25-28-29-32-34-37-40-43-46-49-52-58(61)64-55-56(65-59(62)53-50-47-44-41-38-35-31-27-24-21-18-15-12-9-6-3)54-63-57(60)51-48-45-42-39-36-33-30-26-23-20-17-14-11-8-5-2/h16,19,25,27-28,31,56H,4-15,17-18,20-24,26,29-30,32-55H2,1-3H3/b19-16-,28-25-,31-27-. The summed E-state index contributed by atoms with van der Waals surface area (Å²) in [6, 6.07) is 0. The SMILES string of the molecule is CCCCC/C=C\C/C=C\CCCCCCCCCC(=O)OCC(COC(=O)CCCCCCCCCCCCCCCCC)OC(=O)CCCCCCC/C=C\CCCCCCCC. The molecule has 6 nitrogen and oxygen atoms in total. The Bertz CT molecular complexity index is 1090. The monoisotopic (exact) mass is 913 g/mol. The Morgan fingerprint density at radius 3 is 0.892 bits per heavy atom. The summed E-state index contributed by atoms with van der Waals surface area (Å²) in [5, 5.41) is 0. The lowest BCUT2D eigenvalue weighted by Crippen LogP contribution is -2.30. The fourth-order valence-electron chi connectivity index (χ4n) is 8.29. The van der Waals surface area contributed by atoms with Gasteiger partial charge in [0.05, 0.1) is 0 Å². The Hall–Kier alpha value is -2.37. The molecular formula is C59H108O6. The maximum Gasteiger partial charge on any atom is 0.306 e. The van der Waals surface area contributed by atoms with Crippen LogP contribution < -0.4 is 0 Å². The summed E-state index contributed by atoms with van der Waals surface area (Å²) in [6.45, 7) is 6.63. The molecule has 0 spiro atoms. The van der Waals surface area contributed by atoms with E-state index in [1.807, 2.05) is 0 Å². The predicted octanol–water partition coefficient (Wildman–Crippen LogP) is 18.9. The van der Waals surface area contributed by atoms with Gasteiger partial charge in [0.2, 0.25) is 0 Å². The Kier molecular flexibility index (Phi) is 52.3. The van der Waals surface area contributed by atoms with E-state index in [1.165, 1.54) is 186 Å². The normalized spacial score (nSPS) is 12.2. The van der Waals surface area contributed by atoms with Gasteiger partial charge >= 0.3 is 17.9 Å². The summed E-state index contributed by atoms with van der Waals surface area (Å²) in [7, 11) is 0. The molecule has 6 heteroatoms. The van der Waals surface area contributed by atoms with Crippen molar-refractivity contribution in [1.82, 2.24) is 0 Å². The summed E-state index contributed by atoms with van der Waals surface area (Å²) in [5.41, 5.74) is 0. The molecule has 0 N–H and O–H groups in total. The topological polar surface area (TPSA) is 78.9 Å². The second kappa shape index (κ2) is 54.2. The van der Waals surface area contributed by atoms with E-state index in [9.17, 15) is 14.4 Å². The van der Waals surface area contributed by atoms with E-state index >= 15 is 0 Å². The second-order valence-electron chi connectivity index (χ2n) is 19.2.